The van der Waals surface area contributed by atoms with E-state index in [1.807, 2.05) is 0 Å². The van der Waals surface area contributed by atoms with Gasteiger partial charge < -0.3 is 14.8 Å². The summed E-state index contributed by atoms with van der Waals surface area (Å²) in [5.74, 6) is -0.0470. The van der Waals surface area contributed by atoms with Gasteiger partial charge in [-0.2, -0.15) is 5.10 Å². The molecule has 2 N–H and O–H groups in total. The van der Waals surface area contributed by atoms with Gasteiger partial charge in [-0.25, -0.2) is 13.8 Å². The summed E-state index contributed by atoms with van der Waals surface area (Å²) >= 11 is 0. The first-order chi connectivity index (χ1) is 15.0. The number of nitrogens with one attached hydrogen (secondary N) is 2. The van der Waals surface area contributed by atoms with E-state index in [0.717, 1.165) is 16.1 Å². The van der Waals surface area contributed by atoms with E-state index < -0.39 is 22.5 Å². The van der Waals surface area contributed by atoms with E-state index in [0.29, 0.717) is 22.9 Å². The number of carbonyl (C=O) groups excluding carboxylic acids is 2. The van der Waals surface area contributed by atoms with Crippen LogP contribution in [-0.4, -0.2) is 53.0 Å². The molecule has 2 aromatic rings. The Kier molecular flexibility index (Phi) is 8.19. The van der Waals surface area contributed by atoms with Crippen molar-refractivity contribution in [1.82, 2.24) is 5.43 Å². The number of hydrogen-bond acceptors (Lipinski definition) is 7. The number of ether oxygens (including phenoxy) is 2. The van der Waals surface area contributed by atoms with Crippen molar-refractivity contribution in [3.63, 3.8) is 0 Å². The van der Waals surface area contributed by atoms with E-state index in [-0.39, 0.29) is 11.6 Å². The minimum Gasteiger partial charge on any atom is -0.493 e. The molecule has 0 fully saturated rings. The minimum absolute atomic E-state index is 0.180. The second-order valence-electron chi connectivity index (χ2n) is 6.80. The summed E-state index contributed by atoms with van der Waals surface area (Å²) < 4.78 is 35.9. The summed E-state index contributed by atoms with van der Waals surface area (Å²) in [4.78, 5) is 23.5. The van der Waals surface area contributed by atoms with Crippen molar-refractivity contribution in [3.8, 4) is 11.5 Å². The minimum atomic E-state index is -3.77. The van der Waals surface area contributed by atoms with Crippen molar-refractivity contribution >= 4 is 38.9 Å². The van der Waals surface area contributed by atoms with Crippen LogP contribution in [0.4, 0.5) is 11.4 Å². The first kappa shape index (κ1) is 24.7. The predicted octanol–water partition coefficient (Wildman–Crippen LogP) is 1.97. The lowest BCUT2D eigenvalue weighted by atomic mass is 10.1. The number of nitrogens with zero attached hydrogens (tertiary/aromatic N) is 2. The molecular weight excluding hydrogens is 436 g/mol. The molecule has 2 amide bonds. The van der Waals surface area contributed by atoms with Gasteiger partial charge in [0.05, 0.1) is 31.9 Å². The van der Waals surface area contributed by atoms with Gasteiger partial charge in [-0.05, 0) is 36.8 Å². The number of amides is 2. The van der Waals surface area contributed by atoms with E-state index in [2.05, 4.69) is 15.8 Å². The normalized spacial score (nSPS) is 11.5. The Balaban J connectivity index is 2.15. The first-order valence-corrected chi connectivity index (χ1v) is 11.3. The third kappa shape index (κ3) is 6.71. The molecule has 0 heterocycles. The molecule has 11 heteroatoms. The van der Waals surface area contributed by atoms with Gasteiger partial charge in [0, 0.05) is 18.7 Å². The van der Waals surface area contributed by atoms with Crippen molar-refractivity contribution in [2.75, 3.05) is 36.6 Å². The highest BCUT2D eigenvalue weighted by Gasteiger charge is 2.22. The van der Waals surface area contributed by atoms with E-state index in [4.69, 9.17) is 9.47 Å². The zero-order valence-corrected chi connectivity index (χ0v) is 19.3. The van der Waals surface area contributed by atoms with Gasteiger partial charge in [-0.1, -0.05) is 12.1 Å². The standard InChI is InChI=1S/C21H26N4O6S/c1-14(16-6-8-17(9-7-16)22-15(2)26)23-24-21(27)13-25(32(5,28)29)18-10-11-19(30-3)20(12-18)31-4/h6-12H,13H2,1-5H3,(H,22,26)(H,24,27)/b23-14-. The van der Waals surface area contributed by atoms with Gasteiger partial charge in [0.25, 0.3) is 5.91 Å². The molecule has 0 atom stereocenters. The van der Waals surface area contributed by atoms with Crippen LogP contribution in [0.1, 0.15) is 19.4 Å². The van der Waals surface area contributed by atoms with Gasteiger partial charge in [-0.15, -0.1) is 0 Å². The van der Waals surface area contributed by atoms with Crippen molar-refractivity contribution in [2.24, 2.45) is 5.10 Å². The lowest BCUT2D eigenvalue weighted by molar-refractivity contribution is -0.119. The van der Waals surface area contributed by atoms with Crippen molar-refractivity contribution in [3.05, 3.63) is 48.0 Å². The lowest BCUT2D eigenvalue weighted by Crippen LogP contribution is -2.39. The summed E-state index contributed by atoms with van der Waals surface area (Å²) in [5.41, 5.74) is 4.48. The van der Waals surface area contributed by atoms with Gasteiger partial charge >= 0.3 is 0 Å². The van der Waals surface area contributed by atoms with Crippen LogP contribution >= 0.6 is 0 Å². The maximum atomic E-state index is 12.4. The number of carbonyl (C=O) groups is 2. The lowest BCUT2D eigenvalue weighted by Gasteiger charge is -2.22. The maximum absolute atomic E-state index is 12.4. The van der Waals surface area contributed by atoms with Gasteiger partial charge in [0.2, 0.25) is 15.9 Å². The molecule has 0 saturated heterocycles. The Bertz CT molecular complexity index is 1110. The highest BCUT2D eigenvalue weighted by Crippen LogP contribution is 2.32. The molecule has 0 spiro atoms. The smallest absolute Gasteiger partial charge is 0.260 e. The summed E-state index contributed by atoms with van der Waals surface area (Å²) in [6.45, 7) is 2.63. The SMILES string of the molecule is COc1ccc(N(CC(=O)N/N=C(/C)c2ccc(NC(C)=O)cc2)S(C)(=O)=O)cc1OC. The van der Waals surface area contributed by atoms with Crippen LogP contribution in [-0.2, 0) is 19.6 Å². The van der Waals surface area contributed by atoms with Crippen LogP contribution in [0, 0.1) is 0 Å². The van der Waals surface area contributed by atoms with Crippen LogP contribution in [0.15, 0.2) is 47.6 Å². The van der Waals surface area contributed by atoms with E-state index in [1.165, 1.54) is 33.3 Å². The molecular formula is C21H26N4O6S. The Morgan fingerprint density at radius 2 is 1.62 bits per heavy atom. The molecule has 2 aromatic carbocycles. The Labute approximate surface area is 187 Å². The maximum Gasteiger partial charge on any atom is 0.260 e. The number of methoxy groups -OCH3 is 2. The molecule has 0 aliphatic carbocycles. The first-order valence-electron chi connectivity index (χ1n) is 9.46. The monoisotopic (exact) mass is 462 g/mol. The molecule has 2 rings (SSSR count). The number of sulfonamides is 1. The second-order valence-corrected chi connectivity index (χ2v) is 8.71. The van der Waals surface area contributed by atoms with Crippen LogP contribution in [0.3, 0.4) is 0 Å². The molecule has 10 nitrogen and oxygen atoms in total. The van der Waals surface area contributed by atoms with Crippen LogP contribution in [0.25, 0.3) is 0 Å². The third-order valence-electron chi connectivity index (χ3n) is 4.31. The van der Waals surface area contributed by atoms with Crippen molar-refractivity contribution < 1.29 is 27.5 Å². The fourth-order valence-electron chi connectivity index (χ4n) is 2.75. The van der Waals surface area contributed by atoms with E-state index in [9.17, 15) is 18.0 Å². The molecule has 0 aromatic heterocycles. The highest BCUT2D eigenvalue weighted by atomic mass is 32.2. The quantitative estimate of drug-likeness (QED) is 0.433. The van der Waals surface area contributed by atoms with E-state index in [1.54, 1.807) is 37.3 Å². The molecule has 0 aliphatic heterocycles. The van der Waals surface area contributed by atoms with Crippen LogP contribution in [0.2, 0.25) is 0 Å². The van der Waals surface area contributed by atoms with Crippen molar-refractivity contribution in [2.45, 2.75) is 13.8 Å². The highest BCUT2D eigenvalue weighted by molar-refractivity contribution is 7.92. The van der Waals surface area contributed by atoms with Gasteiger partial charge in [0.15, 0.2) is 11.5 Å². The zero-order chi connectivity index (χ0) is 23.9. The summed E-state index contributed by atoms with van der Waals surface area (Å²) in [7, 11) is -0.875. The average Bonchev–Trinajstić information content (AvgIpc) is 2.74. The third-order valence-corrected chi connectivity index (χ3v) is 5.45. The number of anilines is 2. The number of hydrogen-bond donors (Lipinski definition) is 2. The fourth-order valence-corrected chi connectivity index (χ4v) is 3.60. The molecule has 0 radical (unpaired) electrons. The molecule has 32 heavy (non-hydrogen) atoms. The van der Waals surface area contributed by atoms with E-state index >= 15 is 0 Å². The molecule has 172 valence electrons. The Hall–Kier alpha value is -3.60. The molecule has 0 unspecified atom stereocenters. The average molecular weight is 463 g/mol. The number of benzene rings is 2. The van der Waals surface area contributed by atoms with Crippen LogP contribution in [0.5, 0.6) is 11.5 Å². The fraction of sp³-hybridized carbons (Fsp3) is 0.286. The van der Waals surface area contributed by atoms with Crippen molar-refractivity contribution in [1.29, 1.82) is 0 Å². The topological polar surface area (TPSA) is 126 Å². The second kappa shape index (κ2) is 10.6. The van der Waals surface area contributed by atoms with Gasteiger partial charge in [-0.3, -0.25) is 13.9 Å². The number of rotatable bonds is 9. The Morgan fingerprint density at radius 1 is 1.00 bits per heavy atom. The zero-order valence-electron chi connectivity index (χ0n) is 18.5. The largest absolute Gasteiger partial charge is 0.493 e. The molecule has 0 saturated carbocycles. The molecule has 0 bridgehead atoms. The molecule has 0 aliphatic rings. The van der Waals surface area contributed by atoms with Gasteiger partial charge in [0.1, 0.15) is 6.54 Å². The summed E-state index contributed by atoms with van der Waals surface area (Å²) in [6.07, 6.45) is 1.00. The number of hydrazone groups is 1. The predicted molar refractivity (Wildman–Crippen MR) is 123 cm³/mol. The summed E-state index contributed by atoms with van der Waals surface area (Å²) in [5, 5.41) is 6.70. The Morgan fingerprint density at radius 3 is 2.16 bits per heavy atom. The summed E-state index contributed by atoms with van der Waals surface area (Å²) in [6, 6.07) is 11.4. The van der Waals surface area contributed by atoms with Crippen LogP contribution < -0.4 is 24.5 Å².